The van der Waals surface area contributed by atoms with E-state index in [1.807, 2.05) is 0 Å². The van der Waals surface area contributed by atoms with Crippen molar-refractivity contribution in [2.24, 2.45) is 0 Å². The minimum atomic E-state index is 0.617. The van der Waals surface area contributed by atoms with E-state index in [1.165, 1.54) is 17.7 Å². The largest absolute Gasteiger partial charge is 0.496 e. The molecule has 1 aliphatic heterocycles. The lowest BCUT2D eigenvalue weighted by Crippen LogP contribution is -2.50. The Bertz CT molecular complexity index is 378. The first-order valence-corrected chi connectivity index (χ1v) is 6.37. The van der Waals surface area contributed by atoms with Crippen LogP contribution in [0.25, 0.3) is 0 Å². The van der Waals surface area contributed by atoms with E-state index < -0.39 is 0 Å². The SMILES string of the molecule is CCC1CN(c2ccc(OC)c(C)c2)CCN1. The first-order valence-electron chi connectivity index (χ1n) is 6.37. The molecule has 1 N–H and O–H groups in total. The number of rotatable bonds is 3. The molecular weight excluding hydrogens is 212 g/mol. The molecule has 94 valence electrons. The molecule has 0 aromatic heterocycles. The van der Waals surface area contributed by atoms with E-state index in [0.717, 1.165) is 25.4 Å². The summed E-state index contributed by atoms with van der Waals surface area (Å²) in [6.07, 6.45) is 1.19. The molecule has 2 rings (SSSR count). The molecule has 1 unspecified atom stereocenters. The summed E-state index contributed by atoms with van der Waals surface area (Å²) in [5.74, 6) is 0.968. The van der Waals surface area contributed by atoms with Crippen LogP contribution in [0.5, 0.6) is 5.75 Å². The molecule has 1 aromatic rings. The molecule has 1 aliphatic rings. The van der Waals surface area contributed by atoms with Gasteiger partial charge in [0.25, 0.3) is 0 Å². The van der Waals surface area contributed by atoms with Gasteiger partial charge in [-0.25, -0.2) is 0 Å². The number of benzene rings is 1. The number of ether oxygens (including phenoxy) is 1. The summed E-state index contributed by atoms with van der Waals surface area (Å²) in [5.41, 5.74) is 2.51. The molecule has 0 radical (unpaired) electrons. The first kappa shape index (κ1) is 12.2. The standard InChI is InChI=1S/C14H22N2O/c1-4-12-10-16(8-7-15-12)13-5-6-14(17-3)11(2)9-13/h5-6,9,12,15H,4,7-8,10H2,1-3H3. The number of nitrogens with one attached hydrogen (secondary N) is 1. The van der Waals surface area contributed by atoms with E-state index in [-0.39, 0.29) is 0 Å². The van der Waals surface area contributed by atoms with Crippen molar-refractivity contribution in [1.29, 1.82) is 0 Å². The lowest BCUT2D eigenvalue weighted by molar-refractivity contribution is 0.411. The van der Waals surface area contributed by atoms with Crippen LogP contribution in [0, 0.1) is 6.92 Å². The summed E-state index contributed by atoms with van der Waals surface area (Å²) < 4.78 is 5.30. The van der Waals surface area contributed by atoms with Gasteiger partial charge in [-0.1, -0.05) is 6.92 Å². The van der Waals surface area contributed by atoms with Gasteiger partial charge in [-0.3, -0.25) is 0 Å². The third-order valence-electron chi connectivity index (χ3n) is 3.49. The third-order valence-corrected chi connectivity index (χ3v) is 3.49. The van der Waals surface area contributed by atoms with Crippen LogP contribution in [0.15, 0.2) is 18.2 Å². The quantitative estimate of drug-likeness (QED) is 0.867. The van der Waals surface area contributed by atoms with Crippen LogP contribution in [-0.4, -0.2) is 32.8 Å². The molecule has 0 aliphatic carbocycles. The monoisotopic (exact) mass is 234 g/mol. The molecule has 3 heteroatoms. The second kappa shape index (κ2) is 5.41. The summed E-state index contributed by atoms with van der Waals surface area (Å²) >= 11 is 0. The Morgan fingerprint density at radius 1 is 1.47 bits per heavy atom. The number of anilines is 1. The predicted molar refractivity (Wildman–Crippen MR) is 72.0 cm³/mol. The Kier molecular flexibility index (Phi) is 3.89. The molecule has 0 spiro atoms. The Labute approximate surface area is 104 Å². The van der Waals surface area contributed by atoms with Crippen LogP contribution in [-0.2, 0) is 0 Å². The zero-order chi connectivity index (χ0) is 12.3. The fraction of sp³-hybridized carbons (Fsp3) is 0.571. The average Bonchev–Trinajstić information content (AvgIpc) is 2.38. The molecule has 0 amide bonds. The zero-order valence-corrected chi connectivity index (χ0v) is 11.0. The fourth-order valence-electron chi connectivity index (χ4n) is 2.39. The van der Waals surface area contributed by atoms with E-state index in [2.05, 4.69) is 42.3 Å². The van der Waals surface area contributed by atoms with Crippen molar-refractivity contribution < 1.29 is 4.74 Å². The number of hydrogen-bond acceptors (Lipinski definition) is 3. The van der Waals surface area contributed by atoms with Crippen LogP contribution < -0.4 is 15.0 Å². The molecule has 17 heavy (non-hydrogen) atoms. The van der Waals surface area contributed by atoms with Gasteiger partial charge in [0.15, 0.2) is 0 Å². The van der Waals surface area contributed by atoms with Crippen LogP contribution >= 0.6 is 0 Å². The van der Waals surface area contributed by atoms with Crippen LogP contribution in [0.1, 0.15) is 18.9 Å². The smallest absolute Gasteiger partial charge is 0.121 e. The van der Waals surface area contributed by atoms with Crippen LogP contribution in [0.2, 0.25) is 0 Å². The lowest BCUT2D eigenvalue weighted by Gasteiger charge is -2.35. The maximum atomic E-state index is 5.30. The highest BCUT2D eigenvalue weighted by molar-refractivity contribution is 5.53. The van der Waals surface area contributed by atoms with Crippen LogP contribution in [0.4, 0.5) is 5.69 Å². The molecule has 3 nitrogen and oxygen atoms in total. The van der Waals surface area contributed by atoms with Gasteiger partial charge in [-0.2, -0.15) is 0 Å². The number of hydrogen-bond donors (Lipinski definition) is 1. The zero-order valence-electron chi connectivity index (χ0n) is 11.0. The summed E-state index contributed by atoms with van der Waals surface area (Å²) in [4.78, 5) is 2.46. The van der Waals surface area contributed by atoms with Crippen molar-refractivity contribution in [2.45, 2.75) is 26.3 Å². The van der Waals surface area contributed by atoms with Gasteiger partial charge in [-0.15, -0.1) is 0 Å². The van der Waals surface area contributed by atoms with Crippen molar-refractivity contribution >= 4 is 5.69 Å². The summed E-state index contributed by atoms with van der Waals surface area (Å²) in [5, 5.41) is 3.54. The van der Waals surface area contributed by atoms with Crippen molar-refractivity contribution in [3.8, 4) is 5.75 Å². The lowest BCUT2D eigenvalue weighted by atomic mass is 10.1. The number of piperazine rings is 1. The Hall–Kier alpha value is -1.22. The Balaban J connectivity index is 2.13. The van der Waals surface area contributed by atoms with Gasteiger partial charge < -0.3 is 15.0 Å². The minimum absolute atomic E-state index is 0.617. The van der Waals surface area contributed by atoms with Crippen molar-refractivity contribution in [1.82, 2.24) is 5.32 Å². The molecule has 1 heterocycles. The van der Waals surface area contributed by atoms with Crippen molar-refractivity contribution in [3.05, 3.63) is 23.8 Å². The van der Waals surface area contributed by atoms with Crippen LogP contribution in [0.3, 0.4) is 0 Å². The number of nitrogens with zero attached hydrogens (tertiary/aromatic N) is 1. The van der Waals surface area contributed by atoms with Crippen molar-refractivity contribution in [2.75, 3.05) is 31.6 Å². The normalized spacial score (nSPS) is 20.4. The Morgan fingerprint density at radius 2 is 2.29 bits per heavy atom. The van der Waals surface area contributed by atoms with E-state index in [0.29, 0.717) is 6.04 Å². The molecule has 1 aromatic carbocycles. The Morgan fingerprint density at radius 3 is 2.94 bits per heavy atom. The van der Waals surface area contributed by atoms with E-state index >= 15 is 0 Å². The topological polar surface area (TPSA) is 24.5 Å². The van der Waals surface area contributed by atoms with Gasteiger partial charge in [0.2, 0.25) is 0 Å². The average molecular weight is 234 g/mol. The second-order valence-corrected chi connectivity index (χ2v) is 4.66. The molecule has 1 fully saturated rings. The second-order valence-electron chi connectivity index (χ2n) is 4.66. The maximum Gasteiger partial charge on any atom is 0.121 e. The molecular formula is C14H22N2O. The maximum absolute atomic E-state index is 5.30. The molecule has 1 atom stereocenters. The highest BCUT2D eigenvalue weighted by Gasteiger charge is 2.18. The molecule has 0 bridgehead atoms. The molecule has 1 saturated heterocycles. The minimum Gasteiger partial charge on any atom is -0.496 e. The third kappa shape index (κ3) is 2.72. The fourth-order valence-corrected chi connectivity index (χ4v) is 2.39. The highest BCUT2D eigenvalue weighted by atomic mass is 16.5. The summed E-state index contributed by atoms with van der Waals surface area (Å²) in [6, 6.07) is 7.06. The summed E-state index contributed by atoms with van der Waals surface area (Å²) in [7, 11) is 1.72. The number of methoxy groups -OCH3 is 1. The van der Waals surface area contributed by atoms with E-state index in [4.69, 9.17) is 4.74 Å². The van der Waals surface area contributed by atoms with Crippen molar-refractivity contribution in [3.63, 3.8) is 0 Å². The highest BCUT2D eigenvalue weighted by Crippen LogP contribution is 2.25. The van der Waals surface area contributed by atoms with E-state index in [1.54, 1.807) is 7.11 Å². The van der Waals surface area contributed by atoms with Gasteiger partial charge in [-0.05, 0) is 37.1 Å². The molecule has 0 saturated carbocycles. The van der Waals surface area contributed by atoms with E-state index in [9.17, 15) is 0 Å². The number of aryl methyl sites for hydroxylation is 1. The van der Waals surface area contributed by atoms with Gasteiger partial charge >= 0.3 is 0 Å². The van der Waals surface area contributed by atoms with Gasteiger partial charge in [0.05, 0.1) is 7.11 Å². The predicted octanol–water partition coefficient (Wildman–Crippen LogP) is 2.19. The van der Waals surface area contributed by atoms with Gasteiger partial charge in [0, 0.05) is 31.4 Å². The summed E-state index contributed by atoms with van der Waals surface area (Å²) in [6.45, 7) is 7.59. The van der Waals surface area contributed by atoms with Gasteiger partial charge in [0.1, 0.15) is 5.75 Å². The first-order chi connectivity index (χ1) is 8.24.